The van der Waals surface area contributed by atoms with Crippen LogP contribution < -0.4 is 10.6 Å². The van der Waals surface area contributed by atoms with Crippen LogP contribution in [0.4, 0.5) is 26.1 Å². The van der Waals surface area contributed by atoms with E-state index in [2.05, 4.69) is 37.5 Å². The molecule has 4 rings (SSSR count). The van der Waals surface area contributed by atoms with Gasteiger partial charge in [-0.3, -0.25) is 4.79 Å². The summed E-state index contributed by atoms with van der Waals surface area (Å²) < 4.78 is 27.7. The van der Waals surface area contributed by atoms with E-state index in [-0.39, 0.29) is 11.7 Å². The minimum Gasteiger partial charge on any atom is -0.339 e. The van der Waals surface area contributed by atoms with Crippen molar-refractivity contribution in [3.63, 3.8) is 0 Å². The van der Waals surface area contributed by atoms with Gasteiger partial charge >= 0.3 is 5.92 Å². The molecule has 0 atom stereocenters. The van der Waals surface area contributed by atoms with E-state index in [1.165, 1.54) is 11.8 Å². The minimum atomic E-state index is -3.18. The van der Waals surface area contributed by atoms with Crippen molar-refractivity contribution < 1.29 is 13.6 Å². The standard InChI is InChI=1S/C21H23F2N7OS/c1-11-7-18(29-20(25-11)21(3,22)23)27-15-8-17(26-12(2)31)24-9-13(15)19-28-14-5-6-30(4)10-16(14)32-19/h7-9H,5-6,10H2,1-4H3,(H2,24,25,26,27,29,31). The highest BCUT2D eigenvalue weighted by Crippen LogP contribution is 2.37. The number of pyridine rings is 1. The van der Waals surface area contributed by atoms with Gasteiger partial charge in [0.15, 0.2) is 0 Å². The van der Waals surface area contributed by atoms with Gasteiger partial charge in [0.05, 0.1) is 16.9 Å². The first-order chi connectivity index (χ1) is 15.1. The van der Waals surface area contributed by atoms with E-state index in [4.69, 9.17) is 4.98 Å². The molecule has 4 heterocycles. The molecule has 0 saturated heterocycles. The number of fused-ring (bicyclic) bond motifs is 1. The number of halogens is 2. The predicted octanol–water partition coefficient (Wildman–Crippen LogP) is 4.11. The lowest BCUT2D eigenvalue weighted by atomic mass is 10.2. The largest absolute Gasteiger partial charge is 0.339 e. The van der Waals surface area contributed by atoms with Crippen LogP contribution >= 0.6 is 11.3 Å². The first-order valence-electron chi connectivity index (χ1n) is 10.0. The van der Waals surface area contributed by atoms with Crippen LogP contribution in [0.25, 0.3) is 10.6 Å². The van der Waals surface area contributed by atoms with Crippen LogP contribution in [0.2, 0.25) is 0 Å². The molecule has 0 aromatic carbocycles. The van der Waals surface area contributed by atoms with Crippen LogP contribution in [-0.2, 0) is 23.7 Å². The SMILES string of the molecule is CC(=O)Nc1cc(Nc2cc(C)nc(C(C)(F)F)n2)c(-c2nc3c(s2)CN(C)CC3)cn1. The van der Waals surface area contributed by atoms with E-state index < -0.39 is 11.7 Å². The summed E-state index contributed by atoms with van der Waals surface area (Å²) in [5.41, 5.74) is 2.71. The number of nitrogens with zero attached hydrogens (tertiary/aromatic N) is 5. The monoisotopic (exact) mass is 459 g/mol. The maximum atomic E-state index is 13.8. The highest BCUT2D eigenvalue weighted by atomic mass is 32.1. The molecule has 8 nitrogen and oxygen atoms in total. The first kappa shape index (κ1) is 22.2. The molecule has 0 saturated carbocycles. The summed E-state index contributed by atoms with van der Waals surface area (Å²) in [6.07, 6.45) is 2.48. The Bertz CT molecular complexity index is 1180. The van der Waals surface area contributed by atoms with Gasteiger partial charge in [0.1, 0.15) is 16.6 Å². The van der Waals surface area contributed by atoms with Crippen LogP contribution in [0.1, 0.15) is 35.9 Å². The van der Waals surface area contributed by atoms with Gasteiger partial charge < -0.3 is 15.5 Å². The Morgan fingerprint density at radius 3 is 2.72 bits per heavy atom. The smallest absolute Gasteiger partial charge is 0.303 e. The molecule has 1 aliphatic rings. The van der Waals surface area contributed by atoms with E-state index in [0.717, 1.165) is 37.1 Å². The third-order valence-corrected chi connectivity index (χ3v) is 5.99. The van der Waals surface area contributed by atoms with Gasteiger partial charge in [0.25, 0.3) is 0 Å². The van der Waals surface area contributed by atoms with E-state index >= 15 is 0 Å². The molecule has 1 aliphatic heterocycles. The minimum absolute atomic E-state index is 0.219. The summed E-state index contributed by atoms with van der Waals surface area (Å²) in [6.45, 7) is 5.54. The maximum Gasteiger partial charge on any atom is 0.303 e. The van der Waals surface area contributed by atoms with Crippen molar-refractivity contribution in [3.8, 4) is 10.6 Å². The highest BCUT2D eigenvalue weighted by molar-refractivity contribution is 7.15. The Kier molecular flexibility index (Phi) is 5.87. The van der Waals surface area contributed by atoms with Crippen LogP contribution in [-0.4, -0.2) is 44.3 Å². The van der Waals surface area contributed by atoms with Crippen molar-refractivity contribution >= 4 is 34.6 Å². The number of rotatable bonds is 5. The van der Waals surface area contributed by atoms with E-state index in [1.54, 1.807) is 36.6 Å². The Labute approximate surface area is 188 Å². The van der Waals surface area contributed by atoms with Crippen molar-refractivity contribution in [2.24, 2.45) is 0 Å². The number of aromatic nitrogens is 4. The molecule has 1 amide bonds. The Morgan fingerprint density at radius 1 is 1.22 bits per heavy atom. The quantitative estimate of drug-likeness (QED) is 0.593. The fourth-order valence-corrected chi connectivity index (χ4v) is 4.60. The third-order valence-electron chi connectivity index (χ3n) is 4.87. The number of alkyl halides is 2. The Balaban J connectivity index is 1.76. The van der Waals surface area contributed by atoms with Crippen LogP contribution in [0.15, 0.2) is 18.3 Å². The molecule has 0 fully saturated rings. The van der Waals surface area contributed by atoms with Crippen LogP contribution in [0.5, 0.6) is 0 Å². The maximum absolute atomic E-state index is 13.8. The lowest BCUT2D eigenvalue weighted by molar-refractivity contribution is -0.114. The first-order valence-corrected chi connectivity index (χ1v) is 10.9. The third kappa shape index (κ3) is 4.89. The Morgan fingerprint density at radius 2 is 2.00 bits per heavy atom. The number of aryl methyl sites for hydroxylation is 1. The van der Waals surface area contributed by atoms with Gasteiger partial charge in [-0.05, 0) is 14.0 Å². The molecule has 0 radical (unpaired) electrons. The molecule has 0 unspecified atom stereocenters. The van der Waals surface area contributed by atoms with Gasteiger partial charge in [-0.1, -0.05) is 0 Å². The van der Waals surface area contributed by atoms with Crippen molar-refractivity contribution in [2.45, 2.75) is 39.7 Å². The average molecular weight is 460 g/mol. The molecule has 32 heavy (non-hydrogen) atoms. The van der Waals surface area contributed by atoms with Crippen molar-refractivity contribution in [1.82, 2.24) is 24.8 Å². The molecular formula is C21H23F2N7OS. The van der Waals surface area contributed by atoms with Crippen molar-refractivity contribution in [3.05, 3.63) is 40.4 Å². The summed E-state index contributed by atoms with van der Waals surface area (Å²) in [5.74, 6) is -3.46. The van der Waals surface area contributed by atoms with Gasteiger partial charge in [0.2, 0.25) is 11.7 Å². The second kappa shape index (κ2) is 8.47. The number of anilines is 3. The molecule has 0 aliphatic carbocycles. The second-order valence-corrected chi connectivity index (χ2v) is 8.99. The van der Waals surface area contributed by atoms with E-state index in [0.29, 0.717) is 22.8 Å². The molecule has 0 spiro atoms. The number of hydrogen-bond donors (Lipinski definition) is 2. The molecule has 3 aromatic heterocycles. The number of thiazole rings is 1. The molecular weight excluding hydrogens is 436 g/mol. The van der Waals surface area contributed by atoms with Crippen LogP contribution in [0.3, 0.4) is 0 Å². The van der Waals surface area contributed by atoms with E-state index in [9.17, 15) is 13.6 Å². The van der Waals surface area contributed by atoms with Crippen molar-refractivity contribution in [2.75, 3.05) is 24.2 Å². The average Bonchev–Trinajstić information content (AvgIpc) is 3.09. The van der Waals surface area contributed by atoms with Gasteiger partial charge in [-0.25, -0.2) is 19.9 Å². The lowest BCUT2D eigenvalue weighted by Crippen LogP contribution is -2.25. The van der Waals surface area contributed by atoms with Gasteiger partial charge in [0, 0.05) is 62.3 Å². The number of amides is 1. The fraction of sp³-hybridized carbons (Fsp3) is 0.381. The molecule has 0 bridgehead atoms. The second-order valence-electron chi connectivity index (χ2n) is 7.90. The zero-order valence-electron chi connectivity index (χ0n) is 18.2. The highest BCUT2D eigenvalue weighted by Gasteiger charge is 2.29. The zero-order valence-corrected chi connectivity index (χ0v) is 19.0. The molecule has 168 valence electrons. The number of hydrogen-bond acceptors (Lipinski definition) is 8. The summed E-state index contributed by atoms with van der Waals surface area (Å²) in [4.78, 5) is 31.9. The predicted molar refractivity (Wildman–Crippen MR) is 119 cm³/mol. The van der Waals surface area contributed by atoms with Crippen molar-refractivity contribution in [1.29, 1.82) is 0 Å². The normalized spacial score (nSPS) is 14.2. The van der Waals surface area contributed by atoms with E-state index in [1.807, 2.05) is 0 Å². The topological polar surface area (TPSA) is 95.9 Å². The number of nitrogens with one attached hydrogen (secondary N) is 2. The zero-order chi connectivity index (χ0) is 23.0. The van der Waals surface area contributed by atoms with Gasteiger partial charge in [-0.2, -0.15) is 8.78 Å². The van der Waals surface area contributed by atoms with Crippen LogP contribution in [0, 0.1) is 6.92 Å². The number of likely N-dealkylation sites (N-methyl/N-ethyl adjacent to an activating group) is 1. The number of carbonyl (C=O) groups is 1. The summed E-state index contributed by atoms with van der Waals surface area (Å²) in [6, 6.07) is 3.23. The molecule has 2 N–H and O–H groups in total. The molecule has 11 heteroatoms. The van der Waals surface area contributed by atoms with Gasteiger partial charge in [-0.15, -0.1) is 11.3 Å². The number of carbonyl (C=O) groups excluding carboxylic acids is 1. The summed E-state index contributed by atoms with van der Waals surface area (Å²) >= 11 is 1.57. The fourth-order valence-electron chi connectivity index (χ4n) is 3.38. The summed E-state index contributed by atoms with van der Waals surface area (Å²) in [7, 11) is 2.07. The molecule has 3 aromatic rings. The Hall–Kier alpha value is -3.05. The lowest BCUT2D eigenvalue weighted by Gasteiger charge is -2.20. The summed E-state index contributed by atoms with van der Waals surface area (Å²) in [5, 5.41) is 6.52.